The first-order valence-electron chi connectivity index (χ1n) is 6.78. The molecule has 0 spiro atoms. The van der Waals surface area contributed by atoms with Crippen LogP contribution in [0.25, 0.3) is 0 Å². The summed E-state index contributed by atoms with van der Waals surface area (Å²) in [5.74, 6) is -3.94. The molecule has 22 heavy (non-hydrogen) atoms. The van der Waals surface area contributed by atoms with Crippen LogP contribution in [0.1, 0.15) is 26.7 Å². The number of nitrogens with one attached hydrogen (secondary N) is 1. The summed E-state index contributed by atoms with van der Waals surface area (Å²) in [5.41, 5.74) is 0. The predicted octanol–water partition coefficient (Wildman–Crippen LogP) is 0.0426. The van der Waals surface area contributed by atoms with Crippen LogP contribution in [0.15, 0.2) is 0 Å². The van der Waals surface area contributed by atoms with Crippen LogP contribution in [-0.2, 0) is 33.4 Å². The standard InChI is InChI=1S/C14H23NO7/c1-8(2)6-10(16)15-12(14(19)22-5)9(13(18)21-4)7-11(17)20-3/h8-9,12H,6-7H2,1-5H3,(H,15,16)/t9-,12-/m1/s1. The van der Waals surface area contributed by atoms with Crippen LogP contribution in [0.3, 0.4) is 0 Å². The summed E-state index contributed by atoms with van der Waals surface area (Å²) in [7, 11) is 3.40. The van der Waals surface area contributed by atoms with Crippen LogP contribution in [0, 0.1) is 11.8 Å². The molecule has 1 amide bonds. The van der Waals surface area contributed by atoms with Gasteiger partial charge < -0.3 is 19.5 Å². The lowest BCUT2D eigenvalue weighted by Crippen LogP contribution is -2.50. The zero-order valence-corrected chi connectivity index (χ0v) is 13.5. The second-order valence-electron chi connectivity index (χ2n) is 5.08. The summed E-state index contributed by atoms with van der Waals surface area (Å²) in [6.07, 6.45) is -0.246. The topological polar surface area (TPSA) is 108 Å². The molecule has 0 saturated heterocycles. The largest absolute Gasteiger partial charge is 0.469 e. The number of carbonyl (C=O) groups is 4. The second kappa shape index (κ2) is 9.75. The average Bonchev–Trinajstić information content (AvgIpc) is 2.47. The van der Waals surface area contributed by atoms with Crippen LogP contribution >= 0.6 is 0 Å². The Hall–Kier alpha value is -2.12. The third kappa shape index (κ3) is 6.55. The minimum atomic E-state index is -1.32. The lowest BCUT2D eigenvalue weighted by Gasteiger charge is -2.23. The van der Waals surface area contributed by atoms with Crippen LogP contribution in [0.2, 0.25) is 0 Å². The Labute approximate surface area is 129 Å². The van der Waals surface area contributed by atoms with Crippen LogP contribution in [-0.4, -0.2) is 51.2 Å². The monoisotopic (exact) mass is 317 g/mol. The Morgan fingerprint density at radius 1 is 0.864 bits per heavy atom. The van der Waals surface area contributed by atoms with E-state index in [1.54, 1.807) is 0 Å². The molecule has 0 aromatic rings. The lowest BCUT2D eigenvalue weighted by molar-refractivity contribution is -0.159. The fourth-order valence-corrected chi connectivity index (χ4v) is 1.81. The van der Waals surface area contributed by atoms with Crippen molar-refractivity contribution in [2.75, 3.05) is 21.3 Å². The molecular formula is C14H23NO7. The highest BCUT2D eigenvalue weighted by Crippen LogP contribution is 2.15. The highest BCUT2D eigenvalue weighted by molar-refractivity contribution is 5.91. The summed E-state index contributed by atoms with van der Waals surface area (Å²) < 4.78 is 13.7. The molecule has 0 aromatic carbocycles. The number of rotatable bonds is 8. The number of hydrogen-bond donors (Lipinski definition) is 1. The van der Waals surface area contributed by atoms with Gasteiger partial charge in [-0.05, 0) is 5.92 Å². The fraction of sp³-hybridized carbons (Fsp3) is 0.714. The molecule has 0 bridgehead atoms. The Morgan fingerprint density at radius 3 is 1.82 bits per heavy atom. The number of methoxy groups -OCH3 is 3. The van der Waals surface area contributed by atoms with Gasteiger partial charge in [0.1, 0.15) is 6.04 Å². The van der Waals surface area contributed by atoms with Crippen molar-refractivity contribution in [3.8, 4) is 0 Å². The van der Waals surface area contributed by atoms with Crippen molar-refractivity contribution in [2.24, 2.45) is 11.8 Å². The molecule has 2 atom stereocenters. The van der Waals surface area contributed by atoms with E-state index in [1.807, 2.05) is 13.8 Å². The number of ether oxygens (including phenoxy) is 3. The van der Waals surface area contributed by atoms with E-state index in [-0.39, 0.29) is 12.3 Å². The molecule has 0 saturated carbocycles. The second-order valence-corrected chi connectivity index (χ2v) is 5.08. The van der Waals surface area contributed by atoms with Gasteiger partial charge in [0.25, 0.3) is 0 Å². The molecule has 0 rings (SSSR count). The van der Waals surface area contributed by atoms with Crippen LogP contribution in [0.5, 0.6) is 0 Å². The van der Waals surface area contributed by atoms with Gasteiger partial charge in [0.2, 0.25) is 5.91 Å². The molecule has 0 aromatic heterocycles. The first kappa shape index (κ1) is 19.9. The summed E-state index contributed by atoms with van der Waals surface area (Å²) in [4.78, 5) is 47.0. The van der Waals surface area contributed by atoms with Gasteiger partial charge in [-0.2, -0.15) is 0 Å². The number of amides is 1. The first-order chi connectivity index (χ1) is 10.3. The summed E-state index contributed by atoms with van der Waals surface area (Å²) in [6.45, 7) is 3.66. The highest BCUT2D eigenvalue weighted by atomic mass is 16.5. The Bertz CT molecular complexity index is 419. The minimum absolute atomic E-state index is 0.0653. The summed E-state index contributed by atoms with van der Waals surface area (Å²) >= 11 is 0. The zero-order valence-electron chi connectivity index (χ0n) is 13.5. The van der Waals surface area contributed by atoms with E-state index in [0.29, 0.717) is 0 Å². The third-order valence-corrected chi connectivity index (χ3v) is 2.89. The van der Waals surface area contributed by atoms with Crippen molar-refractivity contribution >= 4 is 23.8 Å². The first-order valence-corrected chi connectivity index (χ1v) is 6.78. The molecule has 8 nitrogen and oxygen atoms in total. The van der Waals surface area contributed by atoms with Gasteiger partial charge in [-0.15, -0.1) is 0 Å². The predicted molar refractivity (Wildman–Crippen MR) is 75.5 cm³/mol. The molecule has 0 radical (unpaired) electrons. The molecule has 0 heterocycles. The lowest BCUT2D eigenvalue weighted by atomic mass is 9.95. The van der Waals surface area contributed by atoms with Crippen molar-refractivity contribution < 1.29 is 33.4 Å². The van der Waals surface area contributed by atoms with E-state index in [0.717, 1.165) is 21.3 Å². The zero-order chi connectivity index (χ0) is 17.3. The van der Waals surface area contributed by atoms with E-state index in [9.17, 15) is 19.2 Å². The maximum absolute atomic E-state index is 11.9. The molecule has 1 N–H and O–H groups in total. The smallest absolute Gasteiger partial charge is 0.329 e. The van der Waals surface area contributed by atoms with Crippen LogP contribution < -0.4 is 5.32 Å². The van der Waals surface area contributed by atoms with Gasteiger partial charge in [-0.25, -0.2) is 4.79 Å². The van der Waals surface area contributed by atoms with Gasteiger partial charge in [0, 0.05) is 6.42 Å². The Kier molecular flexibility index (Phi) is 8.81. The summed E-state index contributed by atoms with van der Waals surface area (Å²) in [5, 5.41) is 2.42. The quantitative estimate of drug-likeness (QED) is 0.497. The minimum Gasteiger partial charge on any atom is -0.469 e. The average molecular weight is 317 g/mol. The van der Waals surface area contributed by atoms with Crippen molar-refractivity contribution in [3.05, 3.63) is 0 Å². The van der Waals surface area contributed by atoms with Gasteiger partial charge in [0.15, 0.2) is 0 Å². The van der Waals surface area contributed by atoms with Gasteiger partial charge in [-0.3, -0.25) is 14.4 Å². The third-order valence-electron chi connectivity index (χ3n) is 2.89. The van der Waals surface area contributed by atoms with Gasteiger partial charge in [0.05, 0.1) is 33.7 Å². The van der Waals surface area contributed by atoms with Crippen molar-refractivity contribution in [1.82, 2.24) is 5.32 Å². The fourth-order valence-electron chi connectivity index (χ4n) is 1.81. The Balaban J connectivity index is 5.29. The normalized spacial score (nSPS) is 13.0. The van der Waals surface area contributed by atoms with Crippen LogP contribution in [0.4, 0.5) is 0 Å². The van der Waals surface area contributed by atoms with Gasteiger partial charge in [-0.1, -0.05) is 13.8 Å². The molecule has 0 fully saturated rings. The number of esters is 3. The molecular weight excluding hydrogens is 294 g/mol. The van der Waals surface area contributed by atoms with E-state index in [1.165, 1.54) is 0 Å². The number of carbonyl (C=O) groups excluding carboxylic acids is 4. The maximum atomic E-state index is 11.9. The number of hydrogen-bond acceptors (Lipinski definition) is 7. The molecule has 126 valence electrons. The Morgan fingerprint density at radius 2 is 1.41 bits per heavy atom. The molecule has 8 heteroatoms. The van der Waals surface area contributed by atoms with E-state index in [4.69, 9.17) is 0 Å². The van der Waals surface area contributed by atoms with E-state index in [2.05, 4.69) is 19.5 Å². The van der Waals surface area contributed by atoms with E-state index < -0.39 is 42.2 Å². The van der Waals surface area contributed by atoms with Crippen molar-refractivity contribution in [1.29, 1.82) is 0 Å². The van der Waals surface area contributed by atoms with Crippen molar-refractivity contribution in [3.63, 3.8) is 0 Å². The SMILES string of the molecule is COC(=O)C[C@@H](C(=O)OC)[C@@H](NC(=O)CC(C)C)C(=O)OC. The highest BCUT2D eigenvalue weighted by Gasteiger charge is 2.38. The molecule has 0 aliphatic rings. The molecule has 0 aliphatic heterocycles. The summed E-state index contributed by atoms with van der Waals surface area (Å²) in [6, 6.07) is -1.32. The van der Waals surface area contributed by atoms with Crippen molar-refractivity contribution in [2.45, 2.75) is 32.7 Å². The van der Waals surface area contributed by atoms with Gasteiger partial charge >= 0.3 is 17.9 Å². The maximum Gasteiger partial charge on any atom is 0.329 e. The molecule has 0 aliphatic carbocycles. The van der Waals surface area contributed by atoms with E-state index >= 15 is 0 Å². The molecule has 0 unspecified atom stereocenters.